The van der Waals surface area contributed by atoms with Crippen LogP contribution in [0.15, 0.2) is 0 Å². The van der Waals surface area contributed by atoms with Crippen LogP contribution >= 0.6 is 0 Å². The van der Waals surface area contributed by atoms with Crippen LogP contribution in [0, 0.1) is 0 Å². The van der Waals surface area contributed by atoms with Crippen molar-refractivity contribution in [1.82, 2.24) is 4.72 Å². The first-order valence-electron chi connectivity index (χ1n) is 8.08. The van der Waals surface area contributed by atoms with Gasteiger partial charge in [-0.25, -0.2) is 8.42 Å². The molecule has 0 aromatic rings. The lowest BCUT2D eigenvalue weighted by molar-refractivity contribution is -0.254. The van der Waals surface area contributed by atoms with E-state index in [1.807, 2.05) is 0 Å². The molecular formula is C15H23NO11S. The molecule has 3 unspecified atom stereocenters. The number of ether oxygens (including phenoxy) is 5. The monoisotopic (exact) mass is 425 g/mol. The summed E-state index contributed by atoms with van der Waals surface area (Å²) in [6, 6.07) is 0. The second-order valence-corrected chi connectivity index (χ2v) is 7.79. The molecule has 1 saturated heterocycles. The van der Waals surface area contributed by atoms with Crippen molar-refractivity contribution in [2.45, 2.75) is 58.3 Å². The molecule has 12 nitrogen and oxygen atoms in total. The maximum atomic E-state index is 11.7. The number of carbonyl (C=O) groups excluding carboxylic acids is 4. The predicted octanol–water partition coefficient (Wildman–Crippen LogP) is -1.38. The molecule has 1 rings (SSSR count). The number of hydrogen-bond acceptors (Lipinski definition) is 11. The summed E-state index contributed by atoms with van der Waals surface area (Å²) in [4.78, 5) is 45.7. The zero-order valence-corrected chi connectivity index (χ0v) is 16.8. The summed E-state index contributed by atoms with van der Waals surface area (Å²) in [6.07, 6.45) is -6.14. The molecule has 0 amide bonds. The number of rotatable bonds is 7. The van der Waals surface area contributed by atoms with E-state index in [-0.39, 0.29) is 0 Å². The van der Waals surface area contributed by atoms with Crippen molar-refractivity contribution >= 4 is 33.9 Å². The van der Waals surface area contributed by atoms with E-state index >= 15 is 0 Å². The van der Waals surface area contributed by atoms with E-state index in [1.165, 1.54) is 0 Å². The van der Waals surface area contributed by atoms with E-state index in [9.17, 15) is 27.6 Å². The third-order valence-corrected chi connectivity index (χ3v) is 3.98. The minimum Gasteiger partial charge on any atom is -0.463 e. The molecule has 0 spiro atoms. The fraction of sp³-hybridized carbons (Fsp3) is 0.733. The van der Waals surface area contributed by atoms with Gasteiger partial charge in [0.1, 0.15) is 12.7 Å². The van der Waals surface area contributed by atoms with Gasteiger partial charge in [0.25, 0.3) is 0 Å². The first-order chi connectivity index (χ1) is 12.8. The molecule has 1 aliphatic heterocycles. The Morgan fingerprint density at radius 2 is 1.29 bits per heavy atom. The van der Waals surface area contributed by atoms with E-state index < -0.39 is 71.2 Å². The summed E-state index contributed by atoms with van der Waals surface area (Å²) in [5, 5.41) is 0. The molecule has 0 saturated carbocycles. The Hall–Kier alpha value is -2.25. The Morgan fingerprint density at radius 3 is 1.71 bits per heavy atom. The Balaban J connectivity index is 3.36. The number of sulfonamides is 1. The van der Waals surface area contributed by atoms with Gasteiger partial charge in [-0.3, -0.25) is 19.2 Å². The Labute approximate surface area is 161 Å². The highest BCUT2D eigenvalue weighted by molar-refractivity contribution is 7.88. The summed E-state index contributed by atoms with van der Waals surface area (Å²) >= 11 is 0. The molecule has 1 heterocycles. The van der Waals surface area contributed by atoms with Gasteiger partial charge >= 0.3 is 23.9 Å². The summed E-state index contributed by atoms with van der Waals surface area (Å²) < 4.78 is 51.2. The van der Waals surface area contributed by atoms with Crippen molar-refractivity contribution < 1.29 is 51.3 Å². The number of nitrogens with one attached hydrogen (secondary N) is 1. The SMILES string of the molecule is CC(=O)OCC1O[C@@H](NS(C)(=O)=O)C(OC(C)=O)C(OC(C)=O)[C@@H]1OC(C)=O. The van der Waals surface area contributed by atoms with Gasteiger partial charge in [-0.15, -0.1) is 0 Å². The normalized spacial score (nSPS) is 27.4. The lowest BCUT2D eigenvalue weighted by atomic mass is 9.97. The van der Waals surface area contributed by atoms with Crippen molar-refractivity contribution in [3.8, 4) is 0 Å². The Kier molecular flexibility index (Phi) is 8.32. The van der Waals surface area contributed by atoms with Crippen LogP contribution in [0.3, 0.4) is 0 Å². The van der Waals surface area contributed by atoms with Gasteiger partial charge in [-0.05, 0) is 0 Å². The van der Waals surface area contributed by atoms with Crippen LogP contribution in [-0.2, 0) is 52.9 Å². The average molecular weight is 425 g/mol. The highest BCUT2D eigenvalue weighted by Gasteiger charge is 2.52. The van der Waals surface area contributed by atoms with E-state index in [1.54, 1.807) is 0 Å². The van der Waals surface area contributed by atoms with E-state index in [0.717, 1.165) is 34.0 Å². The summed E-state index contributed by atoms with van der Waals surface area (Å²) in [7, 11) is -3.86. The van der Waals surface area contributed by atoms with Crippen LogP contribution in [0.1, 0.15) is 27.7 Å². The second kappa shape index (κ2) is 9.80. The molecule has 28 heavy (non-hydrogen) atoms. The minimum atomic E-state index is -3.86. The lowest BCUT2D eigenvalue weighted by Crippen LogP contribution is -2.66. The molecule has 0 aromatic carbocycles. The molecule has 5 atom stereocenters. The van der Waals surface area contributed by atoms with Gasteiger partial charge in [-0.2, -0.15) is 4.72 Å². The van der Waals surface area contributed by atoms with E-state index in [4.69, 9.17) is 23.7 Å². The first-order valence-corrected chi connectivity index (χ1v) is 9.97. The molecule has 0 radical (unpaired) electrons. The molecule has 160 valence electrons. The van der Waals surface area contributed by atoms with Gasteiger partial charge < -0.3 is 23.7 Å². The van der Waals surface area contributed by atoms with Crippen molar-refractivity contribution in [2.75, 3.05) is 12.9 Å². The van der Waals surface area contributed by atoms with Crippen LogP contribution < -0.4 is 4.72 Å². The molecule has 0 bridgehead atoms. The van der Waals surface area contributed by atoms with Gasteiger partial charge in [0.2, 0.25) is 10.0 Å². The number of esters is 4. The summed E-state index contributed by atoms with van der Waals surface area (Å²) in [6.45, 7) is 3.87. The fourth-order valence-electron chi connectivity index (χ4n) is 2.53. The Bertz CT molecular complexity index is 719. The zero-order chi connectivity index (χ0) is 21.6. The quantitative estimate of drug-likeness (QED) is 0.378. The smallest absolute Gasteiger partial charge is 0.303 e. The predicted molar refractivity (Wildman–Crippen MR) is 89.9 cm³/mol. The number of hydrogen-bond donors (Lipinski definition) is 1. The van der Waals surface area contributed by atoms with E-state index in [2.05, 4.69) is 4.72 Å². The van der Waals surface area contributed by atoms with E-state index in [0.29, 0.717) is 0 Å². The topological polar surface area (TPSA) is 161 Å². The summed E-state index contributed by atoms with van der Waals surface area (Å²) in [5.41, 5.74) is 0. The van der Waals surface area contributed by atoms with Gasteiger partial charge in [0.15, 0.2) is 24.5 Å². The van der Waals surface area contributed by atoms with Gasteiger partial charge in [0.05, 0.1) is 6.26 Å². The minimum absolute atomic E-state index is 0.445. The van der Waals surface area contributed by atoms with Gasteiger partial charge in [0, 0.05) is 27.7 Å². The average Bonchev–Trinajstić information content (AvgIpc) is 2.48. The molecule has 1 N–H and O–H groups in total. The van der Waals surface area contributed by atoms with Crippen molar-refractivity contribution in [3.63, 3.8) is 0 Å². The highest BCUT2D eigenvalue weighted by Crippen LogP contribution is 2.28. The fourth-order valence-corrected chi connectivity index (χ4v) is 3.15. The molecule has 0 aromatic heterocycles. The molecular weight excluding hydrogens is 402 g/mol. The lowest BCUT2D eigenvalue weighted by Gasteiger charge is -2.44. The maximum Gasteiger partial charge on any atom is 0.303 e. The van der Waals surface area contributed by atoms with Crippen LogP contribution in [0.25, 0.3) is 0 Å². The highest BCUT2D eigenvalue weighted by atomic mass is 32.2. The molecule has 13 heteroatoms. The van der Waals surface area contributed by atoms with Crippen molar-refractivity contribution in [1.29, 1.82) is 0 Å². The standard InChI is InChI=1S/C15H23NO11S/c1-7(17)23-6-11-12(24-8(2)18)13(25-9(3)19)14(26-10(4)20)15(27-11)16-28(5,21)22/h11-16H,6H2,1-5H3/t11?,12-,13?,14?,15-/m1/s1. The van der Waals surface area contributed by atoms with Crippen LogP contribution in [0.2, 0.25) is 0 Å². The first kappa shape index (κ1) is 23.8. The van der Waals surface area contributed by atoms with Crippen LogP contribution in [0.4, 0.5) is 0 Å². The van der Waals surface area contributed by atoms with Crippen molar-refractivity contribution in [3.05, 3.63) is 0 Å². The zero-order valence-electron chi connectivity index (χ0n) is 16.0. The third kappa shape index (κ3) is 7.78. The van der Waals surface area contributed by atoms with Gasteiger partial charge in [-0.1, -0.05) is 0 Å². The number of carbonyl (C=O) groups is 4. The Morgan fingerprint density at radius 1 is 0.821 bits per heavy atom. The third-order valence-electron chi connectivity index (χ3n) is 3.32. The second-order valence-electron chi connectivity index (χ2n) is 6.01. The maximum absolute atomic E-state index is 11.7. The molecule has 1 aliphatic rings. The van der Waals surface area contributed by atoms with Crippen LogP contribution in [-0.4, -0.2) is 75.8 Å². The molecule has 0 aliphatic carbocycles. The largest absolute Gasteiger partial charge is 0.463 e. The molecule has 1 fully saturated rings. The van der Waals surface area contributed by atoms with Crippen molar-refractivity contribution in [2.24, 2.45) is 0 Å². The van der Waals surface area contributed by atoms with Crippen LogP contribution in [0.5, 0.6) is 0 Å². The summed E-state index contributed by atoms with van der Waals surface area (Å²) in [5.74, 6) is -3.10.